The molecule has 0 atom stereocenters. The van der Waals surface area contributed by atoms with Crippen LogP contribution in [0.5, 0.6) is 11.5 Å². The standard InChI is InChI=1S/C14H14N2O5S/c1-3-12(17)15-14-16(6-13(18)19-2)8-4-9-10(21-7-20-9)5-11(8)22-14/h4-5H,3,6-7H2,1-2H3. The van der Waals surface area contributed by atoms with Gasteiger partial charge in [-0.3, -0.25) is 9.59 Å². The van der Waals surface area contributed by atoms with E-state index >= 15 is 0 Å². The van der Waals surface area contributed by atoms with Gasteiger partial charge in [0.25, 0.3) is 0 Å². The first-order valence-corrected chi connectivity index (χ1v) is 7.51. The summed E-state index contributed by atoms with van der Waals surface area (Å²) >= 11 is 1.32. The third-order valence-electron chi connectivity index (χ3n) is 3.21. The van der Waals surface area contributed by atoms with Crippen LogP contribution in [-0.2, 0) is 20.9 Å². The average molecular weight is 322 g/mol. The van der Waals surface area contributed by atoms with Crippen LogP contribution in [0.3, 0.4) is 0 Å². The van der Waals surface area contributed by atoms with Crippen LogP contribution in [0, 0.1) is 0 Å². The maximum absolute atomic E-state index is 11.6. The highest BCUT2D eigenvalue weighted by atomic mass is 32.1. The lowest BCUT2D eigenvalue weighted by Crippen LogP contribution is -2.22. The van der Waals surface area contributed by atoms with Crippen LogP contribution < -0.4 is 14.3 Å². The first-order valence-electron chi connectivity index (χ1n) is 6.69. The Kier molecular flexibility index (Phi) is 3.84. The smallest absolute Gasteiger partial charge is 0.325 e. The van der Waals surface area contributed by atoms with Gasteiger partial charge in [0, 0.05) is 18.6 Å². The van der Waals surface area contributed by atoms with Crippen LogP contribution >= 0.6 is 11.3 Å². The van der Waals surface area contributed by atoms with Crippen LogP contribution in [0.15, 0.2) is 17.1 Å². The van der Waals surface area contributed by atoms with Gasteiger partial charge in [0.05, 0.1) is 17.3 Å². The molecule has 2 heterocycles. The number of hydrogen-bond acceptors (Lipinski definition) is 6. The molecule has 0 aliphatic carbocycles. The van der Waals surface area contributed by atoms with Crippen LogP contribution in [0.4, 0.5) is 0 Å². The van der Waals surface area contributed by atoms with E-state index < -0.39 is 5.97 Å². The fraction of sp³-hybridized carbons (Fsp3) is 0.357. The molecule has 0 radical (unpaired) electrons. The van der Waals surface area contributed by atoms with Crippen molar-refractivity contribution in [3.05, 3.63) is 16.9 Å². The first-order chi connectivity index (χ1) is 10.6. The number of nitrogens with zero attached hydrogens (tertiary/aromatic N) is 2. The topological polar surface area (TPSA) is 79.1 Å². The molecule has 0 spiro atoms. The Bertz CT molecular complexity index is 820. The molecule has 1 aliphatic rings. The van der Waals surface area contributed by atoms with Gasteiger partial charge in [-0.1, -0.05) is 18.3 Å². The molecule has 0 bridgehead atoms. The molecule has 8 heteroatoms. The fourth-order valence-electron chi connectivity index (χ4n) is 2.08. The van der Waals surface area contributed by atoms with E-state index in [1.807, 2.05) is 6.07 Å². The number of rotatable bonds is 3. The van der Waals surface area contributed by atoms with Crippen molar-refractivity contribution in [2.24, 2.45) is 4.99 Å². The van der Waals surface area contributed by atoms with Gasteiger partial charge in [-0.15, -0.1) is 0 Å². The zero-order valence-electron chi connectivity index (χ0n) is 12.1. The quantitative estimate of drug-likeness (QED) is 0.799. The molecule has 0 saturated heterocycles. The first kappa shape index (κ1) is 14.6. The average Bonchev–Trinajstić information content (AvgIpc) is 3.09. The summed E-state index contributed by atoms with van der Waals surface area (Å²) in [5.74, 6) is 0.595. The summed E-state index contributed by atoms with van der Waals surface area (Å²) in [4.78, 5) is 27.8. The van der Waals surface area contributed by atoms with E-state index in [0.717, 1.165) is 10.2 Å². The highest BCUT2D eigenvalue weighted by Gasteiger charge is 2.19. The van der Waals surface area contributed by atoms with Crippen molar-refractivity contribution in [2.75, 3.05) is 13.9 Å². The minimum Gasteiger partial charge on any atom is -0.468 e. The predicted octanol–water partition coefficient (Wildman–Crippen LogP) is 1.44. The fourth-order valence-corrected chi connectivity index (χ4v) is 3.13. The third kappa shape index (κ3) is 2.57. The van der Waals surface area contributed by atoms with Gasteiger partial charge in [-0.05, 0) is 0 Å². The molecule has 0 saturated carbocycles. The Labute approximate surface area is 129 Å². The van der Waals surface area contributed by atoms with Crippen molar-refractivity contribution in [1.29, 1.82) is 0 Å². The normalized spacial score (nSPS) is 13.6. The van der Waals surface area contributed by atoms with E-state index in [1.165, 1.54) is 18.4 Å². The maximum Gasteiger partial charge on any atom is 0.325 e. The van der Waals surface area contributed by atoms with Gasteiger partial charge in [-0.2, -0.15) is 4.99 Å². The van der Waals surface area contributed by atoms with E-state index in [1.54, 1.807) is 17.6 Å². The summed E-state index contributed by atoms with van der Waals surface area (Å²) < 4.78 is 17.9. The lowest BCUT2D eigenvalue weighted by atomic mass is 10.3. The van der Waals surface area contributed by atoms with Crippen LogP contribution in [-0.4, -0.2) is 30.3 Å². The Morgan fingerprint density at radius 3 is 2.77 bits per heavy atom. The lowest BCUT2D eigenvalue weighted by Gasteiger charge is -2.04. The molecule has 1 aromatic carbocycles. The van der Waals surface area contributed by atoms with Crippen molar-refractivity contribution in [3.8, 4) is 11.5 Å². The molecule has 3 rings (SSSR count). The number of aromatic nitrogens is 1. The molecule has 1 aromatic heterocycles. The van der Waals surface area contributed by atoms with Crippen molar-refractivity contribution in [2.45, 2.75) is 19.9 Å². The number of thiazole rings is 1. The van der Waals surface area contributed by atoms with E-state index in [0.29, 0.717) is 22.7 Å². The third-order valence-corrected chi connectivity index (χ3v) is 4.26. The van der Waals surface area contributed by atoms with Gasteiger partial charge >= 0.3 is 5.97 Å². The maximum atomic E-state index is 11.6. The summed E-state index contributed by atoms with van der Waals surface area (Å²) in [6.07, 6.45) is 0.301. The molecule has 0 N–H and O–H groups in total. The molecule has 7 nitrogen and oxygen atoms in total. The molecule has 0 fully saturated rings. The number of carbonyl (C=O) groups excluding carboxylic acids is 2. The Morgan fingerprint density at radius 2 is 2.09 bits per heavy atom. The monoisotopic (exact) mass is 322 g/mol. The minimum atomic E-state index is -0.414. The molecule has 116 valence electrons. The largest absolute Gasteiger partial charge is 0.468 e. The van der Waals surface area contributed by atoms with Crippen LogP contribution in [0.25, 0.3) is 10.2 Å². The number of amides is 1. The predicted molar refractivity (Wildman–Crippen MR) is 78.8 cm³/mol. The summed E-state index contributed by atoms with van der Waals surface area (Å²) in [5.41, 5.74) is 0.752. The van der Waals surface area contributed by atoms with Gasteiger partial charge in [0.15, 0.2) is 16.3 Å². The molecule has 1 amide bonds. The number of methoxy groups -OCH3 is 1. The van der Waals surface area contributed by atoms with Crippen molar-refractivity contribution in [1.82, 2.24) is 4.57 Å². The number of fused-ring (bicyclic) bond motifs is 2. The van der Waals surface area contributed by atoms with Gasteiger partial charge < -0.3 is 18.8 Å². The molecule has 22 heavy (non-hydrogen) atoms. The SMILES string of the molecule is CCC(=O)N=c1sc2cc3c(cc2n1CC(=O)OC)OCO3. The number of ether oxygens (including phenoxy) is 3. The number of esters is 1. The van der Waals surface area contributed by atoms with E-state index in [9.17, 15) is 9.59 Å². The summed E-state index contributed by atoms with van der Waals surface area (Å²) in [5, 5.41) is 0. The molecule has 0 unspecified atom stereocenters. The molecule has 1 aliphatic heterocycles. The molecular formula is C14H14N2O5S. The molecular weight excluding hydrogens is 308 g/mol. The van der Waals surface area contributed by atoms with Crippen molar-refractivity contribution in [3.63, 3.8) is 0 Å². The second kappa shape index (κ2) is 5.80. The van der Waals surface area contributed by atoms with Gasteiger partial charge in [0.2, 0.25) is 12.7 Å². The molecule has 2 aromatic rings. The zero-order chi connectivity index (χ0) is 15.7. The van der Waals surface area contributed by atoms with E-state index in [-0.39, 0.29) is 19.2 Å². The van der Waals surface area contributed by atoms with Crippen molar-refractivity contribution < 1.29 is 23.8 Å². The van der Waals surface area contributed by atoms with Gasteiger partial charge in [0.1, 0.15) is 6.54 Å². The van der Waals surface area contributed by atoms with Crippen LogP contribution in [0.2, 0.25) is 0 Å². The highest BCUT2D eigenvalue weighted by Crippen LogP contribution is 2.36. The van der Waals surface area contributed by atoms with E-state index in [2.05, 4.69) is 4.99 Å². The zero-order valence-corrected chi connectivity index (χ0v) is 12.9. The number of benzene rings is 1. The van der Waals surface area contributed by atoms with Crippen LogP contribution in [0.1, 0.15) is 13.3 Å². The lowest BCUT2D eigenvalue weighted by molar-refractivity contribution is -0.141. The summed E-state index contributed by atoms with van der Waals surface area (Å²) in [6.45, 7) is 1.89. The summed E-state index contributed by atoms with van der Waals surface area (Å²) in [6, 6.07) is 3.61. The second-order valence-electron chi connectivity index (χ2n) is 4.58. The Morgan fingerprint density at radius 1 is 1.36 bits per heavy atom. The van der Waals surface area contributed by atoms with E-state index in [4.69, 9.17) is 14.2 Å². The second-order valence-corrected chi connectivity index (χ2v) is 5.59. The number of hydrogen-bond donors (Lipinski definition) is 0. The minimum absolute atomic E-state index is 0.0219. The van der Waals surface area contributed by atoms with Crippen molar-refractivity contribution >= 4 is 33.4 Å². The summed E-state index contributed by atoms with van der Waals surface area (Å²) in [7, 11) is 1.32. The van der Waals surface area contributed by atoms with Gasteiger partial charge in [-0.25, -0.2) is 0 Å². The number of carbonyl (C=O) groups is 2. The Balaban J connectivity index is 2.21. The highest BCUT2D eigenvalue weighted by molar-refractivity contribution is 7.16. The Hall–Kier alpha value is -2.35.